The molecular weight excluding hydrogens is 328 g/mol. The molecule has 1 aromatic carbocycles. The standard InChI is InChI=1S/C20H24N4O2/c1-3-24(2)20(26)16-11-7-10-15(18(16)21)13-23-17(19(22)25)12-14-8-5-4-6-9-14/h4-11,13,17,21,23H,3,12H2,1-2H3,(H2,22,25)/b15-13-,21-18?. The Bertz CT molecular complexity index is 778. The molecule has 1 aliphatic carbocycles. The number of rotatable bonds is 7. The van der Waals surface area contributed by atoms with Gasteiger partial charge in [0.2, 0.25) is 5.91 Å². The number of hydrogen-bond donors (Lipinski definition) is 3. The van der Waals surface area contributed by atoms with Gasteiger partial charge in [0.1, 0.15) is 6.04 Å². The normalized spacial score (nSPS) is 16.2. The Morgan fingerprint density at radius 3 is 2.62 bits per heavy atom. The fourth-order valence-electron chi connectivity index (χ4n) is 2.50. The van der Waals surface area contributed by atoms with E-state index in [0.717, 1.165) is 5.56 Å². The quantitative estimate of drug-likeness (QED) is 0.694. The summed E-state index contributed by atoms with van der Waals surface area (Å²) in [6.07, 6.45) is 7.09. The molecule has 136 valence electrons. The van der Waals surface area contributed by atoms with Gasteiger partial charge in [0.25, 0.3) is 5.91 Å². The van der Waals surface area contributed by atoms with Crippen LogP contribution >= 0.6 is 0 Å². The zero-order valence-electron chi connectivity index (χ0n) is 15.0. The fraction of sp³-hybridized carbons (Fsp3) is 0.250. The molecule has 0 saturated heterocycles. The second kappa shape index (κ2) is 8.80. The third-order valence-electron chi connectivity index (χ3n) is 4.21. The number of likely N-dealkylation sites (N-methyl/N-ethyl adjacent to an activating group) is 1. The van der Waals surface area contributed by atoms with Crippen molar-refractivity contribution in [1.29, 1.82) is 5.41 Å². The highest BCUT2D eigenvalue weighted by Crippen LogP contribution is 2.16. The molecule has 1 unspecified atom stereocenters. The number of allylic oxidation sites excluding steroid dienone is 4. The molecule has 0 bridgehead atoms. The van der Waals surface area contributed by atoms with Crippen LogP contribution in [0.15, 0.2) is 65.9 Å². The predicted octanol–water partition coefficient (Wildman–Crippen LogP) is 1.55. The minimum atomic E-state index is -0.602. The molecule has 6 heteroatoms. The summed E-state index contributed by atoms with van der Waals surface area (Å²) < 4.78 is 0. The van der Waals surface area contributed by atoms with Crippen LogP contribution in [0.4, 0.5) is 0 Å². The number of benzene rings is 1. The number of nitrogens with one attached hydrogen (secondary N) is 2. The molecule has 0 spiro atoms. The van der Waals surface area contributed by atoms with E-state index in [-0.39, 0.29) is 11.6 Å². The molecule has 4 N–H and O–H groups in total. The summed E-state index contributed by atoms with van der Waals surface area (Å²) in [6, 6.07) is 8.96. The molecule has 0 aromatic heterocycles. The molecule has 0 aliphatic heterocycles. The van der Waals surface area contributed by atoms with E-state index in [1.54, 1.807) is 36.4 Å². The first-order valence-electron chi connectivity index (χ1n) is 8.46. The third kappa shape index (κ3) is 4.69. The lowest BCUT2D eigenvalue weighted by molar-refractivity contribution is -0.125. The summed E-state index contributed by atoms with van der Waals surface area (Å²) in [5.41, 5.74) is 7.45. The molecule has 0 heterocycles. The Labute approximate surface area is 153 Å². The summed E-state index contributed by atoms with van der Waals surface area (Å²) in [7, 11) is 1.69. The molecule has 26 heavy (non-hydrogen) atoms. The highest BCUT2D eigenvalue weighted by atomic mass is 16.2. The summed E-state index contributed by atoms with van der Waals surface area (Å²) in [5.74, 6) is -0.682. The van der Waals surface area contributed by atoms with Gasteiger partial charge in [-0.1, -0.05) is 42.5 Å². The maximum absolute atomic E-state index is 12.3. The number of carbonyl (C=O) groups is 2. The average Bonchev–Trinajstić information content (AvgIpc) is 2.65. The van der Waals surface area contributed by atoms with Gasteiger partial charge in [0, 0.05) is 31.8 Å². The largest absolute Gasteiger partial charge is 0.379 e. The van der Waals surface area contributed by atoms with Crippen molar-refractivity contribution in [2.45, 2.75) is 19.4 Å². The molecule has 1 aromatic rings. The first-order valence-corrected chi connectivity index (χ1v) is 8.46. The first-order chi connectivity index (χ1) is 12.4. The van der Waals surface area contributed by atoms with Crippen molar-refractivity contribution in [3.8, 4) is 0 Å². The van der Waals surface area contributed by atoms with Crippen LogP contribution in [0, 0.1) is 5.41 Å². The van der Waals surface area contributed by atoms with E-state index in [0.29, 0.717) is 24.1 Å². The van der Waals surface area contributed by atoms with Crippen molar-refractivity contribution < 1.29 is 9.59 Å². The van der Waals surface area contributed by atoms with Gasteiger partial charge in [0.15, 0.2) is 0 Å². The van der Waals surface area contributed by atoms with Crippen LogP contribution in [-0.4, -0.2) is 42.1 Å². The number of nitrogens with two attached hydrogens (primary N) is 1. The van der Waals surface area contributed by atoms with E-state index in [9.17, 15) is 9.59 Å². The van der Waals surface area contributed by atoms with E-state index >= 15 is 0 Å². The zero-order chi connectivity index (χ0) is 19.1. The minimum absolute atomic E-state index is 0.119. The number of primary amides is 1. The van der Waals surface area contributed by atoms with Crippen molar-refractivity contribution in [2.24, 2.45) is 5.73 Å². The summed E-state index contributed by atoms with van der Waals surface area (Å²) in [4.78, 5) is 25.6. The van der Waals surface area contributed by atoms with Crippen molar-refractivity contribution >= 4 is 17.5 Å². The van der Waals surface area contributed by atoms with E-state index in [1.165, 1.54) is 0 Å². The van der Waals surface area contributed by atoms with Crippen molar-refractivity contribution in [1.82, 2.24) is 10.2 Å². The highest BCUT2D eigenvalue weighted by molar-refractivity contribution is 6.28. The first kappa shape index (κ1) is 19.2. The van der Waals surface area contributed by atoms with Crippen molar-refractivity contribution in [2.75, 3.05) is 13.6 Å². The Kier molecular flexibility index (Phi) is 6.49. The minimum Gasteiger partial charge on any atom is -0.379 e. The zero-order valence-corrected chi connectivity index (χ0v) is 15.0. The van der Waals surface area contributed by atoms with Crippen LogP contribution in [0.25, 0.3) is 0 Å². The molecule has 1 atom stereocenters. The molecule has 2 amide bonds. The van der Waals surface area contributed by atoms with Crippen LogP contribution in [0.5, 0.6) is 0 Å². The molecule has 0 saturated carbocycles. The van der Waals surface area contributed by atoms with Gasteiger partial charge < -0.3 is 16.0 Å². The Morgan fingerprint density at radius 2 is 2.00 bits per heavy atom. The molecule has 6 nitrogen and oxygen atoms in total. The number of hydrogen-bond acceptors (Lipinski definition) is 4. The molecule has 0 fully saturated rings. The molecule has 1 aliphatic rings. The van der Waals surface area contributed by atoms with Crippen molar-refractivity contribution in [3.63, 3.8) is 0 Å². The maximum Gasteiger partial charge on any atom is 0.255 e. The second-order valence-corrected chi connectivity index (χ2v) is 6.04. The summed E-state index contributed by atoms with van der Waals surface area (Å²) >= 11 is 0. The SMILES string of the molecule is CCN(C)C(=O)C1=CC=C/C(=C/NC(Cc2ccccc2)C(N)=O)C1=N. The number of nitrogens with zero attached hydrogens (tertiary/aromatic N) is 1. The van der Waals surface area contributed by atoms with Crippen LogP contribution in [-0.2, 0) is 16.0 Å². The van der Waals surface area contributed by atoms with Crippen molar-refractivity contribution in [3.05, 3.63) is 71.5 Å². The Balaban J connectivity index is 2.12. The van der Waals surface area contributed by atoms with E-state index in [4.69, 9.17) is 11.1 Å². The van der Waals surface area contributed by atoms with Gasteiger partial charge in [-0.05, 0) is 18.6 Å². The third-order valence-corrected chi connectivity index (χ3v) is 4.21. The monoisotopic (exact) mass is 352 g/mol. The fourth-order valence-corrected chi connectivity index (χ4v) is 2.50. The Hall–Kier alpha value is -3.15. The summed E-state index contributed by atoms with van der Waals surface area (Å²) in [5, 5.41) is 11.3. The maximum atomic E-state index is 12.3. The smallest absolute Gasteiger partial charge is 0.255 e. The van der Waals surface area contributed by atoms with Crippen LogP contribution in [0.3, 0.4) is 0 Å². The molecule has 2 rings (SSSR count). The van der Waals surface area contributed by atoms with Gasteiger partial charge in [-0.15, -0.1) is 0 Å². The van der Waals surface area contributed by atoms with E-state index < -0.39 is 11.9 Å². The van der Waals surface area contributed by atoms with Gasteiger partial charge in [0.05, 0.1) is 11.3 Å². The predicted molar refractivity (Wildman–Crippen MR) is 103 cm³/mol. The lowest BCUT2D eigenvalue weighted by Crippen LogP contribution is -2.40. The second-order valence-electron chi connectivity index (χ2n) is 6.04. The number of carbonyl (C=O) groups excluding carboxylic acids is 2. The van der Waals surface area contributed by atoms with Crippen LogP contribution in [0.2, 0.25) is 0 Å². The highest BCUT2D eigenvalue weighted by Gasteiger charge is 2.22. The van der Waals surface area contributed by atoms with Gasteiger partial charge in [-0.25, -0.2) is 0 Å². The average molecular weight is 352 g/mol. The van der Waals surface area contributed by atoms with Gasteiger partial charge in [-0.3, -0.25) is 15.0 Å². The van der Waals surface area contributed by atoms with Gasteiger partial charge >= 0.3 is 0 Å². The van der Waals surface area contributed by atoms with E-state index in [1.807, 2.05) is 37.3 Å². The lowest BCUT2D eigenvalue weighted by Gasteiger charge is -2.20. The molecule has 0 radical (unpaired) electrons. The number of amides is 2. The van der Waals surface area contributed by atoms with Gasteiger partial charge in [-0.2, -0.15) is 0 Å². The lowest BCUT2D eigenvalue weighted by atomic mass is 9.96. The van der Waals surface area contributed by atoms with Crippen LogP contribution in [0.1, 0.15) is 12.5 Å². The Morgan fingerprint density at radius 1 is 1.31 bits per heavy atom. The van der Waals surface area contributed by atoms with Crippen LogP contribution < -0.4 is 11.1 Å². The van der Waals surface area contributed by atoms with E-state index in [2.05, 4.69) is 5.32 Å². The topological polar surface area (TPSA) is 99.3 Å². The molecular formula is C20H24N4O2. The summed E-state index contributed by atoms with van der Waals surface area (Å²) in [6.45, 7) is 2.44.